The van der Waals surface area contributed by atoms with Crippen LogP contribution in [0.15, 0.2) is 35.2 Å². The molecule has 0 fully saturated rings. The maximum absolute atomic E-state index is 9.98. The normalized spacial score (nSPS) is 9.54. The molecule has 0 unspecified atom stereocenters. The van der Waals surface area contributed by atoms with Crippen LogP contribution in [0, 0.1) is 0 Å². The average molecular weight is 196 g/mol. The molecule has 0 aliphatic carbocycles. The van der Waals surface area contributed by atoms with Gasteiger partial charge in [-0.3, -0.25) is 0 Å². The minimum atomic E-state index is -1.21. The lowest BCUT2D eigenvalue weighted by Crippen LogP contribution is -2.22. The lowest BCUT2D eigenvalue weighted by molar-refractivity contribution is 0.169. The monoisotopic (exact) mass is 196 g/mol. The van der Waals surface area contributed by atoms with E-state index >= 15 is 0 Å². The van der Waals surface area contributed by atoms with Gasteiger partial charge in [-0.2, -0.15) is 0 Å². The third kappa shape index (κ3) is 4.42. The Hall–Kier alpha value is -1.16. The minimum Gasteiger partial charge on any atom is -0.318 e. The number of thioether (sulfide) groups is 1. The van der Waals surface area contributed by atoms with E-state index in [0.717, 1.165) is 10.6 Å². The summed E-state index contributed by atoms with van der Waals surface area (Å²) in [5.41, 5.74) is 0. The van der Waals surface area contributed by atoms with Crippen molar-refractivity contribution in [2.24, 2.45) is 0 Å². The van der Waals surface area contributed by atoms with E-state index in [1.165, 1.54) is 0 Å². The Labute approximate surface area is 81.2 Å². The molecule has 0 atom stereocenters. The van der Waals surface area contributed by atoms with Crippen molar-refractivity contribution in [2.75, 3.05) is 12.3 Å². The molecule has 0 aliphatic rings. The van der Waals surface area contributed by atoms with E-state index < -0.39 is 6.09 Å². The molecular formula is C9H10NO2S. The fourth-order valence-corrected chi connectivity index (χ4v) is 1.63. The molecular weight excluding hydrogens is 186 g/mol. The molecule has 1 aromatic rings. The summed E-state index contributed by atoms with van der Waals surface area (Å²) < 4.78 is 0. The van der Waals surface area contributed by atoms with E-state index in [4.69, 9.17) is 0 Å². The third-order valence-electron chi connectivity index (χ3n) is 1.38. The van der Waals surface area contributed by atoms with Crippen molar-refractivity contribution in [3.8, 4) is 0 Å². The van der Waals surface area contributed by atoms with Crippen molar-refractivity contribution in [1.29, 1.82) is 0 Å². The van der Waals surface area contributed by atoms with Crippen LogP contribution in [-0.2, 0) is 5.11 Å². The number of carbonyl (C=O) groups is 1. The molecule has 1 amide bonds. The minimum absolute atomic E-state index is 0.419. The van der Waals surface area contributed by atoms with Crippen molar-refractivity contribution in [1.82, 2.24) is 5.32 Å². The van der Waals surface area contributed by atoms with Gasteiger partial charge in [0, 0.05) is 17.2 Å². The molecule has 0 heterocycles. The number of rotatable bonds is 4. The van der Waals surface area contributed by atoms with Gasteiger partial charge in [-0.05, 0) is 12.1 Å². The Balaban J connectivity index is 2.17. The summed E-state index contributed by atoms with van der Waals surface area (Å²) in [5.74, 6) is 0.720. The second kappa shape index (κ2) is 5.48. The fraction of sp³-hybridized carbons (Fsp3) is 0.222. The smallest absolute Gasteiger partial charge is 0.318 e. The molecule has 69 valence electrons. The summed E-state index contributed by atoms with van der Waals surface area (Å²) in [6.45, 7) is 0.419. The maximum atomic E-state index is 9.98. The van der Waals surface area contributed by atoms with Gasteiger partial charge in [0.25, 0.3) is 0 Å². The molecule has 1 aromatic carbocycles. The fourth-order valence-electron chi connectivity index (χ4n) is 0.839. The van der Waals surface area contributed by atoms with Crippen LogP contribution in [0.25, 0.3) is 0 Å². The first kappa shape index (κ1) is 9.92. The predicted octanol–water partition coefficient (Wildman–Crippen LogP) is 1.92. The quantitative estimate of drug-likeness (QED) is 0.590. The molecule has 1 rings (SSSR count). The molecule has 4 heteroatoms. The lowest BCUT2D eigenvalue weighted by atomic mass is 10.4. The molecule has 13 heavy (non-hydrogen) atoms. The van der Waals surface area contributed by atoms with Crippen molar-refractivity contribution >= 4 is 17.9 Å². The van der Waals surface area contributed by atoms with E-state index in [-0.39, 0.29) is 0 Å². The zero-order valence-electron chi connectivity index (χ0n) is 7.03. The van der Waals surface area contributed by atoms with Gasteiger partial charge < -0.3 is 5.32 Å². The molecule has 3 nitrogen and oxygen atoms in total. The number of hydrogen-bond donors (Lipinski definition) is 1. The number of amides is 1. The summed E-state index contributed by atoms with van der Waals surface area (Å²) >= 11 is 1.61. The van der Waals surface area contributed by atoms with E-state index in [0.29, 0.717) is 6.54 Å². The highest BCUT2D eigenvalue weighted by Gasteiger charge is 1.96. The standard InChI is InChI=1S/C9H10NO2S/c11-9(12)10-6-7-13-8-4-2-1-3-5-8/h1-5,10H,6-7H2. The first-order chi connectivity index (χ1) is 6.29. The molecule has 0 saturated carbocycles. The Morgan fingerprint density at radius 1 is 1.31 bits per heavy atom. The topological polar surface area (TPSA) is 49.0 Å². The molecule has 0 saturated heterocycles. The van der Waals surface area contributed by atoms with E-state index in [1.54, 1.807) is 11.8 Å². The highest BCUT2D eigenvalue weighted by Crippen LogP contribution is 2.15. The summed E-state index contributed by atoms with van der Waals surface area (Å²) in [6, 6.07) is 9.83. The van der Waals surface area contributed by atoms with Gasteiger partial charge in [0.15, 0.2) is 0 Å². The van der Waals surface area contributed by atoms with Crippen LogP contribution < -0.4 is 5.32 Å². The van der Waals surface area contributed by atoms with E-state index in [9.17, 15) is 9.90 Å². The second-order valence-corrected chi connectivity index (χ2v) is 3.54. The zero-order chi connectivity index (χ0) is 9.52. The van der Waals surface area contributed by atoms with E-state index in [1.807, 2.05) is 30.3 Å². The third-order valence-corrected chi connectivity index (χ3v) is 2.40. The van der Waals surface area contributed by atoms with Crippen LogP contribution in [0.1, 0.15) is 0 Å². The summed E-state index contributed by atoms with van der Waals surface area (Å²) in [7, 11) is 0. The van der Waals surface area contributed by atoms with Gasteiger partial charge in [0.2, 0.25) is 0 Å². The summed E-state index contributed by atoms with van der Waals surface area (Å²) in [6.07, 6.45) is -1.21. The Morgan fingerprint density at radius 3 is 2.62 bits per heavy atom. The molecule has 1 radical (unpaired) electrons. The van der Waals surface area contributed by atoms with Crippen LogP contribution >= 0.6 is 11.8 Å². The number of nitrogens with one attached hydrogen (secondary N) is 1. The number of carbonyl (C=O) groups excluding carboxylic acids is 1. The Kier molecular flexibility index (Phi) is 4.18. The second-order valence-electron chi connectivity index (χ2n) is 2.38. The lowest BCUT2D eigenvalue weighted by Gasteiger charge is -1.99. The highest BCUT2D eigenvalue weighted by molar-refractivity contribution is 7.99. The van der Waals surface area contributed by atoms with E-state index in [2.05, 4.69) is 5.32 Å². The molecule has 1 N–H and O–H groups in total. The van der Waals surface area contributed by atoms with Gasteiger partial charge in [-0.15, -0.1) is 11.8 Å². The largest absolute Gasteiger partial charge is 0.450 e. The Morgan fingerprint density at radius 2 is 2.00 bits per heavy atom. The van der Waals surface area contributed by atoms with Crippen molar-refractivity contribution in [2.45, 2.75) is 4.90 Å². The summed E-state index contributed by atoms with van der Waals surface area (Å²) in [5, 5.41) is 12.2. The van der Waals surface area contributed by atoms with Crippen molar-refractivity contribution < 1.29 is 9.90 Å². The zero-order valence-corrected chi connectivity index (χ0v) is 7.84. The van der Waals surface area contributed by atoms with Gasteiger partial charge >= 0.3 is 6.09 Å². The number of benzene rings is 1. The van der Waals surface area contributed by atoms with Crippen LogP contribution in [0.5, 0.6) is 0 Å². The van der Waals surface area contributed by atoms with Gasteiger partial charge in [-0.25, -0.2) is 9.90 Å². The molecule has 0 aromatic heterocycles. The van der Waals surface area contributed by atoms with Crippen molar-refractivity contribution in [3.63, 3.8) is 0 Å². The van der Waals surface area contributed by atoms with Gasteiger partial charge in [0.1, 0.15) is 0 Å². The molecule has 0 bridgehead atoms. The first-order valence-electron chi connectivity index (χ1n) is 3.92. The van der Waals surface area contributed by atoms with Crippen LogP contribution in [0.4, 0.5) is 4.79 Å². The SMILES string of the molecule is [O]C(=O)NCCSc1ccccc1. The average Bonchev–Trinajstić information content (AvgIpc) is 2.14. The van der Waals surface area contributed by atoms with Crippen molar-refractivity contribution in [3.05, 3.63) is 30.3 Å². The van der Waals surface area contributed by atoms with Crippen LogP contribution in [-0.4, -0.2) is 18.4 Å². The predicted molar refractivity (Wildman–Crippen MR) is 51.3 cm³/mol. The molecule has 0 aliphatic heterocycles. The van der Waals surface area contributed by atoms with Crippen LogP contribution in [0.2, 0.25) is 0 Å². The van der Waals surface area contributed by atoms with Gasteiger partial charge in [0.05, 0.1) is 0 Å². The highest BCUT2D eigenvalue weighted by atomic mass is 32.2. The van der Waals surface area contributed by atoms with Gasteiger partial charge in [-0.1, -0.05) is 18.2 Å². The van der Waals surface area contributed by atoms with Crippen LogP contribution in [0.3, 0.4) is 0 Å². The maximum Gasteiger partial charge on any atom is 0.450 e. The molecule has 0 spiro atoms. The number of hydrogen-bond acceptors (Lipinski definition) is 2. The summed E-state index contributed by atoms with van der Waals surface area (Å²) in [4.78, 5) is 11.1. The first-order valence-corrected chi connectivity index (χ1v) is 4.90. The Bertz CT molecular complexity index is 264.